The summed E-state index contributed by atoms with van der Waals surface area (Å²) in [7, 11) is 0. The van der Waals surface area contributed by atoms with Crippen LogP contribution < -0.4 is 5.32 Å². The van der Waals surface area contributed by atoms with Crippen LogP contribution in [0.5, 0.6) is 0 Å². The first-order valence-corrected chi connectivity index (χ1v) is 6.17. The number of carbonyl (C=O) groups excluding carboxylic acids is 1. The molecule has 3 nitrogen and oxygen atoms in total. The topological polar surface area (TPSA) is 32.3 Å². The highest BCUT2D eigenvalue weighted by atomic mass is 16.1. The van der Waals surface area contributed by atoms with E-state index >= 15 is 0 Å². The fraction of sp³-hybridized carbons (Fsp3) is 0.917. The molecule has 0 amide bonds. The first kappa shape index (κ1) is 12.7. The molecular formula is C12H24N2O. The largest absolute Gasteiger partial charge is 0.315 e. The van der Waals surface area contributed by atoms with E-state index in [2.05, 4.69) is 24.1 Å². The molecule has 0 aromatic rings. The summed E-state index contributed by atoms with van der Waals surface area (Å²) < 4.78 is 0. The van der Waals surface area contributed by atoms with Crippen molar-refractivity contribution < 1.29 is 4.79 Å². The zero-order valence-electron chi connectivity index (χ0n) is 10.1. The summed E-state index contributed by atoms with van der Waals surface area (Å²) in [5, 5.41) is 3.35. The van der Waals surface area contributed by atoms with E-state index in [0.717, 1.165) is 45.4 Å². The second-order valence-electron chi connectivity index (χ2n) is 4.64. The number of nitrogens with one attached hydrogen (secondary N) is 1. The minimum atomic E-state index is 0.409. The lowest BCUT2D eigenvalue weighted by Crippen LogP contribution is -2.33. The van der Waals surface area contributed by atoms with Gasteiger partial charge in [0.15, 0.2) is 0 Å². The molecule has 0 aromatic carbocycles. The maximum atomic E-state index is 11.7. The molecular weight excluding hydrogens is 188 g/mol. The van der Waals surface area contributed by atoms with Gasteiger partial charge in [0.25, 0.3) is 0 Å². The smallest absolute Gasteiger partial charge is 0.147 e. The number of hydrogen-bond donors (Lipinski definition) is 1. The van der Waals surface area contributed by atoms with Crippen LogP contribution in [0.3, 0.4) is 0 Å². The van der Waals surface area contributed by atoms with Gasteiger partial charge >= 0.3 is 0 Å². The molecule has 1 fully saturated rings. The van der Waals surface area contributed by atoms with Gasteiger partial charge in [-0.15, -0.1) is 0 Å². The Kier molecular flexibility index (Phi) is 5.88. The summed E-state index contributed by atoms with van der Waals surface area (Å²) in [6.07, 6.45) is 3.02. The van der Waals surface area contributed by atoms with Crippen molar-refractivity contribution in [3.8, 4) is 0 Å². The quantitative estimate of drug-likeness (QED) is 0.745. The van der Waals surface area contributed by atoms with Crippen molar-refractivity contribution in [1.29, 1.82) is 0 Å². The van der Waals surface area contributed by atoms with Crippen LogP contribution in [0.4, 0.5) is 0 Å². The van der Waals surface area contributed by atoms with Gasteiger partial charge in [0.05, 0.1) is 6.54 Å². The predicted octanol–water partition coefficient (Wildman–Crippen LogP) is 1.29. The number of carbonyl (C=O) groups is 1. The van der Waals surface area contributed by atoms with Gasteiger partial charge in [-0.3, -0.25) is 9.69 Å². The Morgan fingerprint density at radius 1 is 1.40 bits per heavy atom. The summed E-state index contributed by atoms with van der Waals surface area (Å²) in [5.41, 5.74) is 0. The van der Waals surface area contributed by atoms with Gasteiger partial charge in [0, 0.05) is 19.5 Å². The molecule has 1 heterocycles. The maximum Gasteiger partial charge on any atom is 0.147 e. The zero-order chi connectivity index (χ0) is 11.1. The van der Waals surface area contributed by atoms with Gasteiger partial charge in [-0.2, -0.15) is 0 Å². The number of ketones is 1. The highest BCUT2D eigenvalue weighted by molar-refractivity contribution is 5.80. The minimum absolute atomic E-state index is 0.409. The first-order valence-electron chi connectivity index (χ1n) is 6.17. The van der Waals surface area contributed by atoms with Gasteiger partial charge < -0.3 is 5.32 Å². The second kappa shape index (κ2) is 6.96. The van der Waals surface area contributed by atoms with Crippen LogP contribution in [-0.4, -0.2) is 43.4 Å². The molecule has 0 spiro atoms. The van der Waals surface area contributed by atoms with E-state index in [9.17, 15) is 4.79 Å². The third kappa shape index (κ3) is 5.28. The van der Waals surface area contributed by atoms with Crippen LogP contribution in [0.25, 0.3) is 0 Å². The van der Waals surface area contributed by atoms with Crippen LogP contribution in [0.15, 0.2) is 0 Å². The van der Waals surface area contributed by atoms with E-state index in [4.69, 9.17) is 0 Å². The molecule has 1 rings (SSSR count). The Hall–Kier alpha value is -0.410. The van der Waals surface area contributed by atoms with E-state index in [1.54, 1.807) is 0 Å². The molecule has 1 atom stereocenters. The molecule has 0 aliphatic carbocycles. The predicted molar refractivity (Wildman–Crippen MR) is 63.0 cm³/mol. The van der Waals surface area contributed by atoms with Crippen molar-refractivity contribution in [2.24, 2.45) is 5.92 Å². The average Bonchev–Trinajstić information content (AvgIpc) is 2.46. The maximum absolute atomic E-state index is 11.7. The third-order valence-electron chi connectivity index (χ3n) is 3.11. The van der Waals surface area contributed by atoms with E-state index in [-0.39, 0.29) is 0 Å². The van der Waals surface area contributed by atoms with Crippen molar-refractivity contribution >= 4 is 5.78 Å². The lowest BCUT2D eigenvalue weighted by atomic mass is 10.0. The fourth-order valence-corrected chi connectivity index (χ4v) is 1.91. The van der Waals surface area contributed by atoms with Crippen molar-refractivity contribution in [2.75, 3.05) is 32.7 Å². The van der Waals surface area contributed by atoms with Crippen molar-refractivity contribution in [3.05, 3.63) is 0 Å². The molecule has 15 heavy (non-hydrogen) atoms. The lowest BCUT2D eigenvalue weighted by molar-refractivity contribution is -0.121. The summed E-state index contributed by atoms with van der Waals surface area (Å²) in [5.74, 6) is 0.953. The van der Waals surface area contributed by atoms with E-state index < -0.39 is 0 Å². The van der Waals surface area contributed by atoms with Gasteiger partial charge in [-0.25, -0.2) is 0 Å². The Morgan fingerprint density at radius 3 is 2.93 bits per heavy atom. The Morgan fingerprint density at radius 2 is 2.20 bits per heavy atom. The van der Waals surface area contributed by atoms with E-state index in [1.807, 2.05) is 0 Å². The Bertz CT molecular complexity index is 186. The van der Waals surface area contributed by atoms with Crippen LogP contribution in [0.2, 0.25) is 0 Å². The Balaban J connectivity index is 2.23. The zero-order valence-corrected chi connectivity index (χ0v) is 10.1. The van der Waals surface area contributed by atoms with E-state index in [0.29, 0.717) is 18.2 Å². The summed E-state index contributed by atoms with van der Waals surface area (Å²) in [6.45, 7) is 9.17. The molecule has 1 unspecified atom stereocenters. The molecule has 1 saturated heterocycles. The molecule has 0 saturated carbocycles. The molecule has 0 bridgehead atoms. The van der Waals surface area contributed by atoms with Crippen molar-refractivity contribution in [1.82, 2.24) is 10.2 Å². The fourth-order valence-electron chi connectivity index (χ4n) is 1.91. The minimum Gasteiger partial charge on any atom is -0.315 e. The van der Waals surface area contributed by atoms with Crippen LogP contribution in [0, 0.1) is 5.92 Å². The first-order chi connectivity index (χ1) is 7.22. The normalized spacial score (nSPS) is 20.9. The third-order valence-corrected chi connectivity index (χ3v) is 3.11. The standard InChI is InChI=1S/C12H24N2O/c1-3-11(2)9-12(15)10-14-7-4-5-13-6-8-14/h11,13H,3-10H2,1-2H3. The molecule has 1 aliphatic rings. The van der Waals surface area contributed by atoms with Crippen molar-refractivity contribution in [3.63, 3.8) is 0 Å². The van der Waals surface area contributed by atoms with Gasteiger partial charge in [-0.1, -0.05) is 20.3 Å². The number of rotatable bonds is 5. The molecule has 88 valence electrons. The SMILES string of the molecule is CCC(C)CC(=O)CN1CCCNCC1. The highest BCUT2D eigenvalue weighted by Crippen LogP contribution is 2.07. The summed E-state index contributed by atoms with van der Waals surface area (Å²) in [6, 6.07) is 0. The number of nitrogens with zero attached hydrogens (tertiary/aromatic N) is 1. The molecule has 3 heteroatoms. The van der Waals surface area contributed by atoms with Crippen LogP contribution in [-0.2, 0) is 4.79 Å². The van der Waals surface area contributed by atoms with Gasteiger partial charge in [-0.05, 0) is 25.4 Å². The number of hydrogen-bond acceptors (Lipinski definition) is 3. The molecule has 0 radical (unpaired) electrons. The lowest BCUT2D eigenvalue weighted by Gasteiger charge is -2.19. The van der Waals surface area contributed by atoms with Gasteiger partial charge in [0.2, 0.25) is 0 Å². The average molecular weight is 212 g/mol. The molecule has 1 aliphatic heterocycles. The van der Waals surface area contributed by atoms with Crippen LogP contribution >= 0.6 is 0 Å². The van der Waals surface area contributed by atoms with E-state index in [1.165, 1.54) is 0 Å². The molecule has 0 aromatic heterocycles. The highest BCUT2D eigenvalue weighted by Gasteiger charge is 2.14. The van der Waals surface area contributed by atoms with Gasteiger partial charge in [0.1, 0.15) is 5.78 Å². The van der Waals surface area contributed by atoms with Crippen molar-refractivity contribution in [2.45, 2.75) is 33.1 Å². The monoisotopic (exact) mass is 212 g/mol. The summed E-state index contributed by atoms with van der Waals surface area (Å²) in [4.78, 5) is 14.0. The summed E-state index contributed by atoms with van der Waals surface area (Å²) >= 11 is 0. The number of Topliss-reactive ketones (excluding diaryl/α,β-unsaturated/α-hetero) is 1. The molecule has 1 N–H and O–H groups in total. The van der Waals surface area contributed by atoms with Crippen LogP contribution in [0.1, 0.15) is 33.1 Å². The second-order valence-corrected chi connectivity index (χ2v) is 4.64. The Labute approximate surface area is 93.2 Å².